The van der Waals surface area contributed by atoms with Gasteiger partial charge in [0.15, 0.2) is 0 Å². The molecule has 4 aromatic rings. The van der Waals surface area contributed by atoms with Crippen LogP contribution in [0.1, 0.15) is 59.9 Å². The van der Waals surface area contributed by atoms with Crippen LogP contribution in [0.25, 0.3) is 0 Å². The van der Waals surface area contributed by atoms with E-state index in [9.17, 15) is 34.5 Å². The van der Waals surface area contributed by atoms with Gasteiger partial charge < -0.3 is 44.6 Å². The third-order valence-electron chi connectivity index (χ3n) is 12.2. The van der Waals surface area contributed by atoms with Gasteiger partial charge in [-0.3, -0.25) is 24.1 Å². The van der Waals surface area contributed by atoms with Gasteiger partial charge in [0.1, 0.15) is 18.0 Å². The van der Waals surface area contributed by atoms with Gasteiger partial charge >= 0.3 is 0 Å². The van der Waals surface area contributed by atoms with Crippen molar-refractivity contribution in [2.75, 3.05) is 20.3 Å². The van der Waals surface area contributed by atoms with Crippen molar-refractivity contribution in [1.29, 1.82) is 0 Å². The predicted molar refractivity (Wildman–Crippen MR) is 236 cm³/mol. The first-order valence-corrected chi connectivity index (χ1v) is 23.1. The summed E-state index contributed by atoms with van der Waals surface area (Å²) in [4.78, 5) is 55.1. The van der Waals surface area contributed by atoms with Crippen LogP contribution in [-0.4, -0.2) is 121 Å². The maximum atomic E-state index is 13.6. The molecule has 0 spiro atoms. The highest BCUT2D eigenvalue weighted by Gasteiger charge is 2.55. The van der Waals surface area contributed by atoms with Crippen LogP contribution < -0.4 is 25.7 Å². The Morgan fingerprint density at radius 1 is 0.778 bits per heavy atom. The second-order valence-electron chi connectivity index (χ2n) is 17.2. The second kappa shape index (κ2) is 19.5. The molecule has 2 fully saturated rings. The number of fused-ring (bicyclic) bond motifs is 1. The molecular formula is C48H55N3O11Si. The minimum atomic E-state index is -3.25. The zero-order valence-electron chi connectivity index (χ0n) is 35.8. The summed E-state index contributed by atoms with van der Waals surface area (Å²) in [6.45, 7) is 6.16. The van der Waals surface area contributed by atoms with Crippen LogP contribution in [0.4, 0.5) is 0 Å². The molecule has 5 N–H and O–H groups in total. The van der Waals surface area contributed by atoms with Crippen LogP contribution in [-0.2, 0) is 30.1 Å². The normalized spacial score (nSPS) is 25.2. The molecule has 1 saturated carbocycles. The van der Waals surface area contributed by atoms with Crippen LogP contribution in [0.2, 0.25) is 5.04 Å². The highest BCUT2D eigenvalue weighted by Crippen LogP contribution is 2.40. The van der Waals surface area contributed by atoms with Gasteiger partial charge in [-0.15, -0.1) is 0 Å². The molecule has 332 valence electrons. The van der Waals surface area contributed by atoms with Gasteiger partial charge in [-0.2, -0.15) is 0 Å². The van der Waals surface area contributed by atoms with Gasteiger partial charge in [-0.25, -0.2) is 0 Å². The third-order valence-corrected chi connectivity index (χ3v) is 17.2. The summed E-state index contributed by atoms with van der Waals surface area (Å²) in [5, 5.41) is 41.4. The number of hydrogen-bond donors (Lipinski definition) is 5. The number of methoxy groups -OCH3 is 1. The zero-order chi connectivity index (χ0) is 44.9. The lowest BCUT2D eigenvalue weighted by Gasteiger charge is -2.49. The summed E-state index contributed by atoms with van der Waals surface area (Å²) in [7, 11) is -1.68. The SMILES string of the molecule is COc1ccc(COCC2OCC(N3C(=O)c4ccccc4C3=O)[C@@H](O)[C@H]2NC(=O)/C=C/C(=O)N[C@@H]2CC[C@@H](O)[C@H](O)[C@@H]2O[Si](c2ccccc2)(c2ccccc2)C(C)(C)C)cc1. The number of imide groups is 1. The van der Waals surface area contributed by atoms with Gasteiger partial charge in [0.2, 0.25) is 11.8 Å². The van der Waals surface area contributed by atoms with Crippen LogP contribution in [0.5, 0.6) is 5.75 Å². The molecule has 0 bridgehead atoms. The lowest BCUT2D eigenvalue weighted by Crippen LogP contribution is -2.71. The van der Waals surface area contributed by atoms with Crippen molar-refractivity contribution in [2.24, 2.45) is 0 Å². The van der Waals surface area contributed by atoms with E-state index in [-0.39, 0.29) is 43.8 Å². The summed E-state index contributed by atoms with van der Waals surface area (Å²) in [6, 6.07) is 30.2. The van der Waals surface area contributed by atoms with Crippen molar-refractivity contribution in [3.05, 3.63) is 138 Å². The Balaban J connectivity index is 1.08. The lowest BCUT2D eigenvalue weighted by atomic mass is 9.88. The van der Waals surface area contributed by atoms with E-state index in [1.54, 1.807) is 31.4 Å². The van der Waals surface area contributed by atoms with E-state index in [0.717, 1.165) is 33.0 Å². The Morgan fingerprint density at radius 2 is 1.33 bits per heavy atom. The van der Waals surface area contributed by atoms with Gasteiger partial charge in [-0.1, -0.05) is 106 Å². The number of hydrogen-bond acceptors (Lipinski definition) is 11. The van der Waals surface area contributed by atoms with E-state index in [0.29, 0.717) is 5.75 Å². The Hall–Kier alpha value is -5.52. The average Bonchev–Trinajstić information content (AvgIpc) is 3.54. The Morgan fingerprint density at radius 3 is 1.89 bits per heavy atom. The molecule has 2 aliphatic heterocycles. The topological polar surface area (TPSA) is 193 Å². The molecule has 1 aliphatic carbocycles. The van der Waals surface area contributed by atoms with E-state index < -0.39 is 85.6 Å². The molecule has 15 heteroatoms. The Bertz CT molecular complexity index is 2200. The van der Waals surface area contributed by atoms with E-state index in [4.69, 9.17) is 18.6 Å². The summed E-state index contributed by atoms with van der Waals surface area (Å²) >= 11 is 0. The number of nitrogens with one attached hydrogen (secondary N) is 2. The van der Waals surface area contributed by atoms with Gasteiger partial charge in [0.25, 0.3) is 20.1 Å². The maximum Gasteiger partial charge on any atom is 0.261 e. The quantitative estimate of drug-likeness (QED) is 0.0711. The van der Waals surface area contributed by atoms with Crippen molar-refractivity contribution in [3.8, 4) is 5.75 Å². The average molecular weight is 878 g/mol. The molecule has 7 rings (SSSR count). The minimum absolute atomic E-state index is 0.0738. The largest absolute Gasteiger partial charge is 0.497 e. The minimum Gasteiger partial charge on any atom is -0.497 e. The number of carbonyl (C=O) groups is 4. The molecular weight excluding hydrogens is 823 g/mol. The second-order valence-corrected chi connectivity index (χ2v) is 21.4. The highest BCUT2D eigenvalue weighted by atomic mass is 28.4. The van der Waals surface area contributed by atoms with E-state index in [1.165, 1.54) is 12.1 Å². The van der Waals surface area contributed by atoms with Crippen molar-refractivity contribution in [2.45, 2.75) is 93.9 Å². The maximum absolute atomic E-state index is 13.6. The molecule has 2 unspecified atom stereocenters. The smallest absolute Gasteiger partial charge is 0.261 e. The fraction of sp³-hybridized carbons (Fsp3) is 0.375. The first kappa shape index (κ1) is 45.5. The summed E-state index contributed by atoms with van der Waals surface area (Å²) < 4.78 is 24.5. The number of carbonyl (C=O) groups excluding carboxylic acids is 4. The lowest BCUT2D eigenvalue weighted by molar-refractivity contribution is -0.140. The number of nitrogens with zero attached hydrogens (tertiary/aromatic N) is 1. The Kier molecular flexibility index (Phi) is 14.1. The van der Waals surface area contributed by atoms with E-state index in [2.05, 4.69) is 31.4 Å². The van der Waals surface area contributed by atoms with Gasteiger partial charge in [-0.05, 0) is 58.1 Å². The van der Waals surface area contributed by atoms with Crippen LogP contribution >= 0.6 is 0 Å². The number of ether oxygens (including phenoxy) is 3. The molecule has 4 amide bonds. The summed E-state index contributed by atoms with van der Waals surface area (Å²) in [5.41, 5.74) is 1.24. The van der Waals surface area contributed by atoms with Crippen LogP contribution in [0, 0.1) is 0 Å². The number of aliphatic hydroxyl groups is 3. The monoisotopic (exact) mass is 877 g/mol. The van der Waals surface area contributed by atoms with Crippen molar-refractivity contribution in [3.63, 3.8) is 0 Å². The molecule has 63 heavy (non-hydrogen) atoms. The molecule has 1 saturated heterocycles. The highest BCUT2D eigenvalue weighted by molar-refractivity contribution is 6.99. The fourth-order valence-corrected chi connectivity index (χ4v) is 13.6. The number of benzene rings is 4. The van der Waals surface area contributed by atoms with Gasteiger partial charge in [0.05, 0.1) is 74.5 Å². The van der Waals surface area contributed by atoms with Gasteiger partial charge in [0, 0.05) is 12.2 Å². The molecule has 8 atom stereocenters. The van der Waals surface area contributed by atoms with Crippen molar-refractivity contribution < 1.29 is 53.1 Å². The molecule has 3 aliphatic rings. The molecule has 0 aromatic heterocycles. The fourth-order valence-electron chi connectivity index (χ4n) is 8.90. The molecule has 0 radical (unpaired) electrons. The number of rotatable bonds is 14. The standard InChI is InChI=1S/C48H55N3O11Si/c1-48(2,3)63(32-13-7-5-8-14-32,33-15-9-6-10-16-33)62-45-36(23-24-38(52)44(45)56)49-40(53)25-26-41(54)50-42-39(29-60-27-30-19-21-31(59-4)22-20-30)61-28-37(43(42)55)51-46(57)34-17-11-12-18-35(34)47(51)58/h5-22,25-26,36-39,42-45,52,55-56H,23-24,27-29H2,1-4H3,(H,49,53)(H,50,54)/b26-25+/t36-,37?,38-,39?,42+,43-,44+,45-/m1/s1. The summed E-state index contributed by atoms with van der Waals surface area (Å²) in [6.07, 6.45) is -3.29. The van der Waals surface area contributed by atoms with Crippen LogP contribution in [0.15, 0.2) is 121 Å². The zero-order valence-corrected chi connectivity index (χ0v) is 36.8. The Labute approximate surface area is 368 Å². The van der Waals surface area contributed by atoms with Crippen molar-refractivity contribution in [1.82, 2.24) is 15.5 Å². The van der Waals surface area contributed by atoms with E-state index >= 15 is 0 Å². The predicted octanol–water partition coefficient (Wildman–Crippen LogP) is 2.62. The molecule has 2 heterocycles. The number of amides is 4. The molecule has 4 aromatic carbocycles. The number of aliphatic hydroxyl groups excluding tert-OH is 3. The molecule has 14 nitrogen and oxygen atoms in total. The summed E-state index contributed by atoms with van der Waals surface area (Å²) in [5.74, 6) is -1.91. The van der Waals surface area contributed by atoms with Crippen LogP contribution in [0.3, 0.4) is 0 Å². The third kappa shape index (κ3) is 9.55. The van der Waals surface area contributed by atoms with E-state index in [1.807, 2.05) is 72.8 Å². The van der Waals surface area contributed by atoms with Crippen molar-refractivity contribution >= 4 is 42.3 Å². The first-order valence-electron chi connectivity index (χ1n) is 21.1. The first-order chi connectivity index (χ1) is 30.2.